The number of hydrogen-bond donors (Lipinski definition) is 1. The lowest BCUT2D eigenvalue weighted by Gasteiger charge is -2.15. The zero-order chi connectivity index (χ0) is 21.8. The highest BCUT2D eigenvalue weighted by Crippen LogP contribution is 2.26. The molecule has 0 unspecified atom stereocenters. The van der Waals surface area contributed by atoms with E-state index in [2.05, 4.69) is 15.3 Å². The summed E-state index contributed by atoms with van der Waals surface area (Å²) in [5.41, 5.74) is 1.50. The number of nitrogens with one attached hydrogen (secondary N) is 1. The fraction of sp³-hybridized carbons (Fsp3) is 0.182. The van der Waals surface area contributed by atoms with Crippen LogP contribution < -0.4 is 10.1 Å². The summed E-state index contributed by atoms with van der Waals surface area (Å²) in [5.74, 6) is -0.293. The van der Waals surface area contributed by atoms with Crippen LogP contribution in [-0.4, -0.2) is 29.0 Å². The minimum Gasteiger partial charge on any atom is -0.484 e. The molecule has 0 aliphatic heterocycles. The van der Waals surface area contributed by atoms with Gasteiger partial charge in [-0.2, -0.15) is 0 Å². The van der Waals surface area contributed by atoms with E-state index < -0.39 is 17.9 Å². The Kier molecular flexibility index (Phi) is 5.94. The van der Waals surface area contributed by atoms with Crippen molar-refractivity contribution in [1.82, 2.24) is 15.3 Å². The number of aromatic nitrogens is 2. The second-order valence-corrected chi connectivity index (χ2v) is 7.85. The number of oxazole rings is 1. The third-order valence-electron chi connectivity index (χ3n) is 4.46. The molecule has 1 N–H and O–H groups in total. The summed E-state index contributed by atoms with van der Waals surface area (Å²) >= 11 is 1.61. The van der Waals surface area contributed by atoms with Gasteiger partial charge >= 0.3 is 5.97 Å². The number of ether oxygens (including phenoxy) is 2. The van der Waals surface area contributed by atoms with Crippen LogP contribution in [0.25, 0.3) is 10.2 Å². The molecule has 31 heavy (non-hydrogen) atoms. The average Bonchev–Trinajstić information content (AvgIpc) is 3.41. The number of fused-ring (bicyclic) bond motifs is 1. The molecule has 0 bridgehead atoms. The van der Waals surface area contributed by atoms with Crippen LogP contribution in [0, 0.1) is 6.92 Å². The fourth-order valence-electron chi connectivity index (χ4n) is 2.99. The SMILES string of the molecule is COC(=O)[C@@H](NC(=O)c1coc(COc2ccc3sc(C)nc3c2)n1)c1ccccc1. The minimum atomic E-state index is -0.955. The van der Waals surface area contributed by atoms with Crippen molar-refractivity contribution in [2.24, 2.45) is 0 Å². The number of amides is 1. The lowest BCUT2D eigenvalue weighted by molar-refractivity contribution is -0.143. The van der Waals surface area contributed by atoms with E-state index in [-0.39, 0.29) is 18.2 Å². The van der Waals surface area contributed by atoms with Gasteiger partial charge in [-0.1, -0.05) is 30.3 Å². The van der Waals surface area contributed by atoms with Crippen LogP contribution >= 0.6 is 11.3 Å². The van der Waals surface area contributed by atoms with E-state index in [0.717, 1.165) is 15.2 Å². The molecule has 0 saturated heterocycles. The molecule has 1 amide bonds. The number of aryl methyl sites for hydroxylation is 1. The van der Waals surface area contributed by atoms with Gasteiger partial charge in [0.1, 0.15) is 12.0 Å². The second kappa shape index (κ2) is 8.97. The van der Waals surface area contributed by atoms with Gasteiger partial charge < -0.3 is 19.2 Å². The number of esters is 1. The molecule has 0 aliphatic rings. The average molecular weight is 437 g/mol. The number of hydrogen-bond acceptors (Lipinski definition) is 8. The topological polar surface area (TPSA) is 104 Å². The molecule has 8 nitrogen and oxygen atoms in total. The monoisotopic (exact) mass is 437 g/mol. The van der Waals surface area contributed by atoms with E-state index in [4.69, 9.17) is 13.9 Å². The number of benzene rings is 2. The highest BCUT2D eigenvalue weighted by atomic mass is 32.1. The molecule has 4 aromatic rings. The van der Waals surface area contributed by atoms with E-state index in [1.54, 1.807) is 35.6 Å². The van der Waals surface area contributed by atoms with Gasteiger partial charge in [0.15, 0.2) is 18.3 Å². The van der Waals surface area contributed by atoms with Crippen molar-refractivity contribution < 1.29 is 23.5 Å². The summed E-state index contributed by atoms with van der Waals surface area (Å²) < 4.78 is 16.9. The molecule has 0 radical (unpaired) electrons. The van der Waals surface area contributed by atoms with Gasteiger partial charge in [-0.25, -0.2) is 14.8 Å². The van der Waals surface area contributed by atoms with Crippen LogP contribution in [0.3, 0.4) is 0 Å². The van der Waals surface area contributed by atoms with Gasteiger partial charge in [0, 0.05) is 6.07 Å². The Labute approximate surface area is 181 Å². The van der Waals surface area contributed by atoms with E-state index in [9.17, 15) is 9.59 Å². The smallest absolute Gasteiger partial charge is 0.333 e. The molecule has 0 fully saturated rings. The van der Waals surface area contributed by atoms with Gasteiger partial charge in [0.25, 0.3) is 5.91 Å². The Bertz CT molecular complexity index is 1220. The molecule has 158 valence electrons. The Morgan fingerprint density at radius 3 is 2.74 bits per heavy atom. The lowest BCUT2D eigenvalue weighted by atomic mass is 10.1. The van der Waals surface area contributed by atoms with Gasteiger partial charge in [-0.3, -0.25) is 4.79 Å². The maximum absolute atomic E-state index is 12.6. The molecule has 4 rings (SSSR count). The van der Waals surface area contributed by atoms with Crippen molar-refractivity contribution in [2.45, 2.75) is 19.6 Å². The van der Waals surface area contributed by atoms with Crippen molar-refractivity contribution in [3.05, 3.63) is 76.9 Å². The first-order chi connectivity index (χ1) is 15.0. The molecule has 0 saturated carbocycles. The van der Waals surface area contributed by atoms with E-state index >= 15 is 0 Å². The van der Waals surface area contributed by atoms with Gasteiger partial charge in [0.05, 0.1) is 22.3 Å². The normalized spacial score (nSPS) is 11.8. The largest absolute Gasteiger partial charge is 0.484 e. The van der Waals surface area contributed by atoms with Crippen molar-refractivity contribution in [1.29, 1.82) is 0 Å². The lowest BCUT2D eigenvalue weighted by Crippen LogP contribution is -2.34. The first kappa shape index (κ1) is 20.5. The number of methoxy groups -OCH3 is 1. The number of rotatable bonds is 7. The van der Waals surface area contributed by atoms with E-state index in [1.807, 2.05) is 31.2 Å². The third-order valence-corrected chi connectivity index (χ3v) is 5.41. The molecule has 2 aromatic heterocycles. The second-order valence-electron chi connectivity index (χ2n) is 6.62. The molecule has 2 heterocycles. The summed E-state index contributed by atoms with van der Waals surface area (Å²) in [6, 6.07) is 13.5. The minimum absolute atomic E-state index is 0.0361. The van der Waals surface area contributed by atoms with Crippen LogP contribution in [0.4, 0.5) is 0 Å². The van der Waals surface area contributed by atoms with E-state index in [0.29, 0.717) is 11.3 Å². The quantitative estimate of drug-likeness (QED) is 0.438. The number of carbonyl (C=O) groups is 2. The van der Waals surface area contributed by atoms with Crippen LogP contribution in [0.2, 0.25) is 0 Å². The molecule has 0 spiro atoms. The number of nitrogens with zero attached hydrogens (tertiary/aromatic N) is 2. The van der Waals surface area contributed by atoms with Crippen LogP contribution in [0.5, 0.6) is 5.75 Å². The fourth-order valence-corrected chi connectivity index (χ4v) is 3.79. The highest BCUT2D eigenvalue weighted by molar-refractivity contribution is 7.18. The molecular weight excluding hydrogens is 418 g/mol. The number of carbonyl (C=O) groups excluding carboxylic acids is 2. The molecule has 9 heteroatoms. The van der Waals surface area contributed by atoms with Crippen molar-refractivity contribution in [3.63, 3.8) is 0 Å². The van der Waals surface area contributed by atoms with Gasteiger partial charge in [-0.05, 0) is 24.6 Å². The Hall–Kier alpha value is -3.72. The van der Waals surface area contributed by atoms with Crippen molar-refractivity contribution in [2.75, 3.05) is 7.11 Å². The Morgan fingerprint density at radius 1 is 1.16 bits per heavy atom. The molecular formula is C22H19N3O5S. The number of thiazole rings is 1. The molecule has 0 aliphatic carbocycles. The van der Waals surface area contributed by atoms with Crippen LogP contribution in [0.1, 0.15) is 33.0 Å². The zero-order valence-corrected chi connectivity index (χ0v) is 17.6. The first-order valence-electron chi connectivity index (χ1n) is 9.41. The predicted molar refractivity (Wildman–Crippen MR) is 114 cm³/mol. The predicted octanol–water partition coefficient (Wildman–Crippen LogP) is 3.82. The standard InChI is InChI=1S/C22H19N3O5S/c1-13-23-16-10-15(8-9-18(16)31-13)29-12-19-24-17(11-30-19)21(26)25-20(22(27)28-2)14-6-4-3-5-7-14/h3-11,20H,12H2,1-2H3,(H,25,26)/t20-/m0/s1. The van der Waals surface area contributed by atoms with Crippen LogP contribution in [0.15, 0.2) is 59.2 Å². The Morgan fingerprint density at radius 2 is 1.97 bits per heavy atom. The summed E-state index contributed by atoms with van der Waals surface area (Å²) in [6.45, 7) is 1.99. The maximum Gasteiger partial charge on any atom is 0.333 e. The van der Waals surface area contributed by atoms with E-state index in [1.165, 1.54) is 13.4 Å². The maximum atomic E-state index is 12.6. The molecule has 1 atom stereocenters. The van der Waals surface area contributed by atoms with Crippen molar-refractivity contribution in [3.8, 4) is 5.75 Å². The summed E-state index contributed by atoms with van der Waals surface area (Å²) in [5, 5.41) is 3.61. The van der Waals surface area contributed by atoms with Crippen molar-refractivity contribution >= 4 is 33.4 Å². The third kappa shape index (κ3) is 4.72. The molecule has 2 aromatic carbocycles. The summed E-state index contributed by atoms with van der Waals surface area (Å²) in [7, 11) is 1.26. The summed E-state index contributed by atoms with van der Waals surface area (Å²) in [4.78, 5) is 33.3. The van der Waals surface area contributed by atoms with Gasteiger partial charge in [-0.15, -0.1) is 11.3 Å². The first-order valence-corrected chi connectivity index (χ1v) is 10.2. The Balaban J connectivity index is 1.42. The van der Waals surface area contributed by atoms with Crippen LogP contribution in [-0.2, 0) is 16.1 Å². The zero-order valence-electron chi connectivity index (χ0n) is 16.8. The van der Waals surface area contributed by atoms with Gasteiger partial charge in [0.2, 0.25) is 5.89 Å². The highest BCUT2D eigenvalue weighted by Gasteiger charge is 2.25. The summed E-state index contributed by atoms with van der Waals surface area (Å²) in [6.07, 6.45) is 1.22.